The second-order valence-corrected chi connectivity index (χ2v) is 4.79. The number of ketones is 1. The molecule has 0 spiro atoms. The molecule has 0 atom stereocenters. The Kier molecular flexibility index (Phi) is 4.63. The molecule has 22 heavy (non-hydrogen) atoms. The maximum atomic E-state index is 11.9. The average molecular weight is 298 g/mol. The van der Waals surface area contributed by atoms with Crippen molar-refractivity contribution in [1.29, 1.82) is 0 Å². The van der Waals surface area contributed by atoms with Crippen molar-refractivity contribution in [2.24, 2.45) is 0 Å². The topological polar surface area (TPSA) is 89.3 Å². The number of anilines is 1. The molecule has 112 valence electrons. The predicted molar refractivity (Wildman–Crippen MR) is 81.9 cm³/mol. The largest absolute Gasteiger partial charge is 0.320 e. The number of benzene rings is 2. The predicted octanol–water partition coefficient (Wildman–Crippen LogP) is 3.11. The molecule has 6 nitrogen and oxygen atoms in total. The van der Waals surface area contributed by atoms with Crippen molar-refractivity contribution in [2.45, 2.75) is 13.3 Å². The first kappa shape index (κ1) is 15.4. The van der Waals surface area contributed by atoms with Crippen LogP contribution in [0.2, 0.25) is 0 Å². The van der Waals surface area contributed by atoms with E-state index in [1.54, 1.807) is 43.3 Å². The summed E-state index contributed by atoms with van der Waals surface area (Å²) in [4.78, 5) is 34.2. The van der Waals surface area contributed by atoms with E-state index >= 15 is 0 Å². The summed E-state index contributed by atoms with van der Waals surface area (Å²) in [6.07, 6.45) is -0.366. The van der Waals surface area contributed by atoms with E-state index in [1.807, 2.05) is 0 Å². The molecule has 6 heteroatoms. The second kappa shape index (κ2) is 6.62. The minimum atomic E-state index is -0.583. The molecule has 0 unspecified atom stereocenters. The van der Waals surface area contributed by atoms with Crippen LogP contribution < -0.4 is 5.32 Å². The monoisotopic (exact) mass is 298 g/mol. The van der Waals surface area contributed by atoms with Gasteiger partial charge in [-0.15, -0.1) is 0 Å². The van der Waals surface area contributed by atoms with Crippen LogP contribution in [-0.2, 0) is 4.79 Å². The second-order valence-electron chi connectivity index (χ2n) is 4.79. The summed E-state index contributed by atoms with van der Waals surface area (Å²) in [7, 11) is 0. The van der Waals surface area contributed by atoms with Gasteiger partial charge in [0.2, 0.25) is 5.91 Å². The first-order valence-electron chi connectivity index (χ1n) is 6.60. The number of nitrogens with zero attached hydrogens (tertiary/aromatic N) is 1. The minimum absolute atomic E-state index is 0.0847. The molecular weight excluding hydrogens is 284 g/mol. The van der Waals surface area contributed by atoms with Gasteiger partial charge in [-0.2, -0.15) is 0 Å². The summed E-state index contributed by atoms with van der Waals surface area (Å²) in [6, 6.07) is 12.9. The average Bonchev–Trinajstić information content (AvgIpc) is 2.49. The zero-order chi connectivity index (χ0) is 16.1. The Morgan fingerprint density at radius 1 is 1.14 bits per heavy atom. The molecule has 0 aliphatic heterocycles. The van der Waals surface area contributed by atoms with E-state index in [2.05, 4.69) is 5.32 Å². The Bertz CT molecular complexity index is 726. The highest BCUT2D eigenvalue weighted by Crippen LogP contribution is 2.25. The summed E-state index contributed by atoms with van der Waals surface area (Å²) in [5, 5.41) is 13.4. The molecule has 0 aliphatic rings. The van der Waals surface area contributed by atoms with Crippen LogP contribution in [0.15, 0.2) is 48.5 Å². The van der Waals surface area contributed by atoms with Gasteiger partial charge in [0.15, 0.2) is 5.78 Å². The van der Waals surface area contributed by atoms with Crippen LogP contribution >= 0.6 is 0 Å². The molecule has 1 N–H and O–H groups in total. The maximum absolute atomic E-state index is 11.9. The number of nitro groups is 1. The number of amides is 1. The summed E-state index contributed by atoms with van der Waals surface area (Å²) in [5.41, 5.74) is 1.03. The molecule has 0 saturated carbocycles. The number of aryl methyl sites for hydroxylation is 1. The number of rotatable bonds is 5. The highest BCUT2D eigenvalue weighted by Gasteiger charge is 2.18. The lowest BCUT2D eigenvalue weighted by Gasteiger charge is -2.06. The standard InChI is InChI=1S/C16H14N2O4/c1-11-7-8-13(14(9-11)18(21)22)17-16(20)10-15(19)12-5-3-2-4-6-12/h2-9H,10H2,1H3,(H,17,20). The lowest BCUT2D eigenvalue weighted by molar-refractivity contribution is -0.384. The highest BCUT2D eigenvalue weighted by atomic mass is 16.6. The molecule has 0 bridgehead atoms. The Hall–Kier alpha value is -3.02. The van der Waals surface area contributed by atoms with Crippen molar-refractivity contribution in [3.05, 3.63) is 69.8 Å². The molecule has 2 aromatic rings. The molecule has 0 aromatic heterocycles. The molecular formula is C16H14N2O4. The Balaban J connectivity index is 2.10. The van der Waals surface area contributed by atoms with Crippen LogP contribution in [0, 0.1) is 17.0 Å². The molecule has 0 saturated heterocycles. The van der Waals surface area contributed by atoms with Crippen LogP contribution in [0.1, 0.15) is 22.3 Å². The van der Waals surface area contributed by atoms with Crippen molar-refractivity contribution >= 4 is 23.1 Å². The quantitative estimate of drug-likeness (QED) is 0.397. The van der Waals surface area contributed by atoms with Crippen LogP contribution in [-0.4, -0.2) is 16.6 Å². The van der Waals surface area contributed by atoms with E-state index < -0.39 is 10.8 Å². The van der Waals surface area contributed by atoms with Crippen molar-refractivity contribution < 1.29 is 14.5 Å². The van der Waals surface area contributed by atoms with E-state index in [0.29, 0.717) is 11.1 Å². The summed E-state index contributed by atoms with van der Waals surface area (Å²) < 4.78 is 0. The number of hydrogen-bond acceptors (Lipinski definition) is 4. The van der Waals surface area contributed by atoms with Crippen molar-refractivity contribution in [3.63, 3.8) is 0 Å². The van der Waals surface area contributed by atoms with Gasteiger partial charge in [0, 0.05) is 11.6 Å². The smallest absolute Gasteiger partial charge is 0.293 e. The number of nitro benzene ring substituents is 1. The number of carbonyl (C=O) groups is 2. The first-order valence-corrected chi connectivity index (χ1v) is 6.60. The highest BCUT2D eigenvalue weighted by molar-refractivity contribution is 6.11. The van der Waals surface area contributed by atoms with Crippen LogP contribution in [0.25, 0.3) is 0 Å². The number of Topliss-reactive ketones (excluding diaryl/α,β-unsaturated/α-hetero) is 1. The zero-order valence-electron chi connectivity index (χ0n) is 11.9. The lowest BCUT2D eigenvalue weighted by Crippen LogP contribution is -2.17. The van der Waals surface area contributed by atoms with Crippen molar-refractivity contribution in [3.8, 4) is 0 Å². The Morgan fingerprint density at radius 3 is 2.45 bits per heavy atom. The number of carbonyl (C=O) groups excluding carboxylic acids is 2. The first-order chi connectivity index (χ1) is 10.5. The van der Waals surface area contributed by atoms with E-state index in [0.717, 1.165) is 0 Å². The normalized spacial score (nSPS) is 10.0. The lowest BCUT2D eigenvalue weighted by atomic mass is 10.1. The third-order valence-corrected chi connectivity index (χ3v) is 3.04. The Labute approximate surface area is 126 Å². The van der Waals surface area contributed by atoms with Gasteiger partial charge in [-0.3, -0.25) is 19.7 Å². The van der Waals surface area contributed by atoms with Gasteiger partial charge in [-0.25, -0.2) is 0 Å². The van der Waals surface area contributed by atoms with Crippen LogP contribution in [0.5, 0.6) is 0 Å². The molecule has 2 rings (SSSR count). The zero-order valence-corrected chi connectivity index (χ0v) is 11.9. The number of nitrogens with one attached hydrogen (secondary N) is 1. The van der Waals surface area contributed by atoms with Crippen LogP contribution in [0.4, 0.5) is 11.4 Å². The third kappa shape index (κ3) is 3.76. The van der Waals surface area contributed by atoms with Gasteiger partial charge in [0.1, 0.15) is 5.69 Å². The van der Waals surface area contributed by atoms with Gasteiger partial charge >= 0.3 is 0 Å². The minimum Gasteiger partial charge on any atom is -0.320 e. The maximum Gasteiger partial charge on any atom is 0.293 e. The van der Waals surface area contributed by atoms with Gasteiger partial charge in [0.25, 0.3) is 5.69 Å². The molecule has 0 fully saturated rings. The van der Waals surface area contributed by atoms with Gasteiger partial charge in [-0.1, -0.05) is 36.4 Å². The Morgan fingerprint density at radius 2 is 1.82 bits per heavy atom. The van der Waals surface area contributed by atoms with E-state index in [4.69, 9.17) is 0 Å². The molecule has 0 radical (unpaired) electrons. The van der Waals surface area contributed by atoms with E-state index in [-0.39, 0.29) is 23.6 Å². The van der Waals surface area contributed by atoms with Crippen LogP contribution in [0.3, 0.4) is 0 Å². The fourth-order valence-electron chi connectivity index (χ4n) is 1.96. The number of hydrogen-bond donors (Lipinski definition) is 1. The SMILES string of the molecule is Cc1ccc(NC(=O)CC(=O)c2ccccc2)c([N+](=O)[O-])c1. The summed E-state index contributed by atoms with van der Waals surface area (Å²) in [5.74, 6) is -0.923. The third-order valence-electron chi connectivity index (χ3n) is 3.04. The van der Waals surface area contributed by atoms with Gasteiger partial charge in [-0.05, 0) is 18.6 Å². The van der Waals surface area contributed by atoms with Crippen molar-refractivity contribution in [1.82, 2.24) is 0 Å². The molecule has 1 amide bonds. The summed E-state index contributed by atoms with van der Waals surface area (Å²) >= 11 is 0. The fourth-order valence-corrected chi connectivity index (χ4v) is 1.96. The molecule has 0 heterocycles. The molecule has 0 aliphatic carbocycles. The van der Waals surface area contributed by atoms with Gasteiger partial charge in [0.05, 0.1) is 11.3 Å². The molecule has 2 aromatic carbocycles. The van der Waals surface area contributed by atoms with Gasteiger partial charge < -0.3 is 5.32 Å². The van der Waals surface area contributed by atoms with Crippen molar-refractivity contribution in [2.75, 3.05) is 5.32 Å². The summed E-state index contributed by atoms with van der Waals surface area (Å²) in [6.45, 7) is 1.72. The van der Waals surface area contributed by atoms with E-state index in [9.17, 15) is 19.7 Å². The van der Waals surface area contributed by atoms with E-state index in [1.165, 1.54) is 12.1 Å². The fraction of sp³-hybridized carbons (Fsp3) is 0.125.